The topological polar surface area (TPSA) is 66.0 Å². The molecule has 0 radical (unpaired) electrons. The lowest BCUT2D eigenvalue weighted by Crippen LogP contribution is -1.99. The van der Waals surface area contributed by atoms with Crippen LogP contribution in [0.15, 0.2) is 35.9 Å². The van der Waals surface area contributed by atoms with Crippen LogP contribution < -0.4 is 9.47 Å². The molecule has 2 aromatic rings. The Morgan fingerprint density at radius 2 is 1.76 bits per heavy atom. The summed E-state index contributed by atoms with van der Waals surface area (Å²) in [7, 11) is 1.48. The minimum Gasteiger partial charge on any atom is -0.493 e. The zero-order chi connectivity index (χ0) is 18.4. The van der Waals surface area contributed by atoms with Gasteiger partial charge in [-0.15, -0.1) is 0 Å². The van der Waals surface area contributed by atoms with Gasteiger partial charge in [0.15, 0.2) is 11.5 Å². The second-order valence-electron chi connectivity index (χ2n) is 4.83. The summed E-state index contributed by atoms with van der Waals surface area (Å²) in [5, 5.41) is 19.1. The third kappa shape index (κ3) is 4.81. The monoisotopic (exact) mass is 392 g/mol. The number of hydrogen-bond acceptors (Lipinski definition) is 4. The summed E-state index contributed by atoms with van der Waals surface area (Å²) >= 11 is 18.2. The van der Waals surface area contributed by atoms with Gasteiger partial charge in [-0.2, -0.15) is 10.5 Å². The number of halogens is 3. The number of methoxy groups -OCH3 is 1. The van der Waals surface area contributed by atoms with E-state index < -0.39 is 0 Å². The molecule has 0 saturated heterocycles. The molecule has 0 fully saturated rings. The van der Waals surface area contributed by atoms with Crippen LogP contribution in [0.25, 0.3) is 6.08 Å². The predicted octanol–water partition coefficient (Wildman–Crippen LogP) is 5.66. The van der Waals surface area contributed by atoms with Crippen molar-refractivity contribution in [3.63, 3.8) is 0 Å². The van der Waals surface area contributed by atoms with Crippen LogP contribution in [0, 0.1) is 22.7 Å². The maximum atomic E-state index is 8.85. The minimum atomic E-state index is -0.0643. The Morgan fingerprint density at radius 3 is 2.36 bits per heavy atom. The van der Waals surface area contributed by atoms with Crippen LogP contribution in [0.3, 0.4) is 0 Å². The molecule has 7 heteroatoms. The van der Waals surface area contributed by atoms with Crippen molar-refractivity contribution in [1.29, 1.82) is 10.5 Å². The number of hydrogen-bond donors (Lipinski definition) is 0. The Hall–Kier alpha value is -2.37. The Balaban J connectivity index is 2.30. The van der Waals surface area contributed by atoms with E-state index in [9.17, 15) is 0 Å². The van der Waals surface area contributed by atoms with Gasteiger partial charge in [0.1, 0.15) is 24.3 Å². The molecule has 0 saturated carbocycles. The summed E-state index contributed by atoms with van der Waals surface area (Å²) in [5.74, 6) is 0.821. The average molecular weight is 394 g/mol. The Morgan fingerprint density at radius 1 is 1.04 bits per heavy atom. The minimum absolute atomic E-state index is 0.0643. The van der Waals surface area contributed by atoms with E-state index in [1.807, 2.05) is 0 Å². The summed E-state index contributed by atoms with van der Waals surface area (Å²) in [6.45, 7) is 0.194. The van der Waals surface area contributed by atoms with E-state index in [1.54, 1.807) is 42.5 Å². The highest BCUT2D eigenvalue weighted by molar-refractivity contribution is 6.35. The fourth-order valence-electron chi connectivity index (χ4n) is 1.97. The number of ether oxygens (including phenoxy) is 2. The first-order valence-electron chi connectivity index (χ1n) is 6.94. The highest BCUT2D eigenvalue weighted by Gasteiger charge is 2.11. The maximum absolute atomic E-state index is 8.85. The van der Waals surface area contributed by atoms with E-state index in [-0.39, 0.29) is 12.2 Å². The number of allylic oxidation sites excluding steroid dienone is 1. The van der Waals surface area contributed by atoms with E-state index in [0.717, 1.165) is 5.56 Å². The normalized spacial score (nSPS) is 9.68. The number of nitrogens with zero attached hydrogens (tertiary/aromatic N) is 2. The van der Waals surface area contributed by atoms with Gasteiger partial charge in [0.25, 0.3) is 0 Å². The van der Waals surface area contributed by atoms with E-state index in [2.05, 4.69) is 0 Å². The van der Waals surface area contributed by atoms with Crippen molar-refractivity contribution in [3.05, 3.63) is 62.1 Å². The molecule has 0 aliphatic rings. The number of rotatable bonds is 5. The molecular weight excluding hydrogens is 383 g/mol. The van der Waals surface area contributed by atoms with Crippen LogP contribution in [0.2, 0.25) is 15.1 Å². The van der Waals surface area contributed by atoms with Gasteiger partial charge < -0.3 is 9.47 Å². The second-order valence-corrected chi connectivity index (χ2v) is 6.08. The maximum Gasteiger partial charge on any atom is 0.163 e. The van der Waals surface area contributed by atoms with Crippen LogP contribution in [0.4, 0.5) is 0 Å². The summed E-state index contributed by atoms with van der Waals surface area (Å²) in [4.78, 5) is 0. The molecule has 2 aromatic carbocycles. The molecule has 0 bridgehead atoms. The van der Waals surface area contributed by atoms with E-state index >= 15 is 0 Å². The molecule has 0 aliphatic heterocycles. The van der Waals surface area contributed by atoms with Crippen LogP contribution in [-0.4, -0.2) is 7.11 Å². The summed E-state index contributed by atoms with van der Waals surface area (Å²) < 4.78 is 11.0. The van der Waals surface area contributed by atoms with Gasteiger partial charge in [0.2, 0.25) is 0 Å². The zero-order valence-corrected chi connectivity index (χ0v) is 15.3. The average Bonchev–Trinajstić information content (AvgIpc) is 2.60. The Kier molecular flexibility index (Phi) is 6.56. The first kappa shape index (κ1) is 19.0. The van der Waals surface area contributed by atoms with Crippen molar-refractivity contribution in [2.75, 3.05) is 7.11 Å². The second kappa shape index (κ2) is 8.65. The fraction of sp³-hybridized carbons (Fsp3) is 0.111. The molecule has 0 unspecified atom stereocenters. The molecule has 0 aliphatic carbocycles. The first-order valence-corrected chi connectivity index (χ1v) is 8.08. The van der Waals surface area contributed by atoms with E-state index in [4.69, 9.17) is 54.8 Å². The smallest absolute Gasteiger partial charge is 0.163 e. The molecule has 2 rings (SSSR count). The lowest BCUT2D eigenvalue weighted by atomic mass is 10.1. The first-order chi connectivity index (χ1) is 12.0. The number of nitriles is 2. The van der Waals surface area contributed by atoms with Gasteiger partial charge >= 0.3 is 0 Å². The van der Waals surface area contributed by atoms with Crippen molar-refractivity contribution in [2.45, 2.75) is 6.61 Å². The standard InChI is InChI=1S/C18H11Cl3N2O2/c1-24-17-5-13(4-11(8-22)9-23)16(21)7-18(17)25-10-12-2-3-14(19)6-15(12)20/h2-7H,10H2,1H3. The van der Waals surface area contributed by atoms with Gasteiger partial charge in [-0.05, 0) is 29.8 Å². The van der Waals surface area contributed by atoms with Crippen molar-refractivity contribution >= 4 is 40.9 Å². The third-order valence-corrected chi connectivity index (χ3v) is 4.14. The highest BCUT2D eigenvalue weighted by Crippen LogP contribution is 2.35. The van der Waals surface area contributed by atoms with Gasteiger partial charge in [-0.3, -0.25) is 0 Å². The largest absolute Gasteiger partial charge is 0.493 e. The molecule has 25 heavy (non-hydrogen) atoms. The molecule has 0 aromatic heterocycles. The predicted molar refractivity (Wildman–Crippen MR) is 98.0 cm³/mol. The van der Waals surface area contributed by atoms with Crippen molar-refractivity contribution in [3.8, 4) is 23.6 Å². The van der Waals surface area contributed by atoms with Crippen molar-refractivity contribution in [2.24, 2.45) is 0 Å². The van der Waals surface area contributed by atoms with Gasteiger partial charge in [0, 0.05) is 21.7 Å². The van der Waals surface area contributed by atoms with Gasteiger partial charge in [-0.25, -0.2) is 0 Å². The van der Waals surface area contributed by atoms with Crippen LogP contribution in [0.5, 0.6) is 11.5 Å². The molecule has 0 heterocycles. The SMILES string of the molecule is COc1cc(C=C(C#N)C#N)c(Cl)cc1OCc1ccc(Cl)cc1Cl. The Labute approximate surface area is 160 Å². The molecular formula is C18H11Cl3N2O2. The third-order valence-electron chi connectivity index (χ3n) is 3.22. The molecule has 4 nitrogen and oxygen atoms in total. The summed E-state index contributed by atoms with van der Waals surface area (Å²) in [6, 6.07) is 11.8. The van der Waals surface area contributed by atoms with Gasteiger partial charge in [-0.1, -0.05) is 40.9 Å². The van der Waals surface area contributed by atoms with E-state index in [0.29, 0.717) is 32.1 Å². The zero-order valence-electron chi connectivity index (χ0n) is 13.0. The Bertz CT molecular complexity index is 896. The quantitative estimate of drug-likeness (QED) is 0.614. The van der Waals surface area contributed by atoms with Gasteiger partial charge in [0.05, 0.1) is 12.1 Å². The molecule has 0 spiro atoms. The van der Waals surface area contributed by atoms with Crippen LogP contribution >= 0.6 is 34.8 Å². The summed E-state index contributed by atoms with van der Waals surface area (Å²) in [5.41, 5.74) is 1.17. The van der Waals surface area contributed by atoms with E-state index in [1.165, 1.54) is 13.2 Å². The lowest BCUT2D eigenvalue weighted by molar-refractivity contribution is 0.284. The summed E-state index contributed by atoms with van der Waals surface area (Å²) in [6.07, 6.45) is 1.38. The molecule has 0 N–H and O–H groups in total. The van der Waals surface area contributed by atoms with Crippen LogP contribution in [-0.2, 0) is 6.61 Å². The molecule has 0 amide bonds. The molecule has 0 atom stereocenters. The fourth-order valence-corrected chi connectivity index (χ4v) is 2.64. The number of benzene rings is 2. The van der Waals surface area contributed by atoms with Crippen molar-refractivity contribution < 1.29 is 9.47 Å². The van der Waals surface area contributed by atoms with Crippen LogP contribution in [0.1, 0.15) is 11.1 Å². The lowest BCUT2D eigenvalue weighted by Gasteiger charge is -2.13. The van der Waals surface area contributed by atoms with Crippen molar-refractivity contribution in [1.82, 2.24) is 0 Å². The highest BCUT2D eigenvalue weighted by atomic mass is 35.5. The molecule has 126 valence electrons.